The molecule has 1 atom stereocenters. The number of hydrogen-bond donors (Lipinski definition) is 2. The molecule has 0 fully saturated rings. The van der Waals surface area contributed by atoms with Gasteiger partial charge in [0.15, 0.2) is 0 Å². The Kier molecular flexibility index (Phi) is 3.64. The standard InChI is InChI=1S/C15H20N2/c1-11-3-4-14-10-15(6-5-13(14)9-11)17-8-7-12(2)16/h3-6,9-10,12,17H,7-8,16H2,1-2H3. The molecule has 0 radical (unpaired) electrons. The fourth-order valence-electron chi connectivity index (χ4n) is 1.92. The molecule has 0 aliphatic heterocycles. The van der Waals surface area contributed by atoms with Crippen molar-refractivity contribution in [3.8, 4) is 0 Å². The minimum absolute atomic E-state index is 0.255. The molecule has 2 aromatic carbocycles. The second-order valence-corrected chi connectivity index (χ2v) is 4.76. The van der Waals surface area contributed by atoms with E-state index in [9.17, 15) is 0 Å². The lowest BCUT2D eigenvalue weighted by Crippen LogP contribution is -2.19. The van der Waals surface area contributed by atoms with Crippen molar-refractivity contribution in [3.05, 3.63) is 42.0 Å². The number of fused-ring (bicyclic) bond motifs is 1. The average Bonchev–Trinajstić information content (AvgIpc) is 2.29. The lowest BCUT2D eigenvalue weighted by Gasteiger charge is -2.09. The number of nitrogens with two attached hydrogens (primary N) is 1. The molecule has 0 spiro atoms. The molecule has 2 aromatic rings. The Morgan fingerprint density at radius 3 is 2.59 bits per heavy atom. The summed E-state index contributed by atoms with van der Waals surface area (Å²) in [5.41, 5.74) is 8.19. The quantitative estimate of drug-likeness (QED) is 0.842. The molecule has 0 heterocycles. The summed E-state index contributed by atoms with van der Waals surface area (Å²) in [7, 11) is 0. The van der Waals surface area contributed by atoms with Crippen molar-refractivity contribution in [2.24, 2.45) is 5.73 Å². The summed E-state index contributed by atoms with van der Waals surface area (Å²) in [4.78, 5) is 0. The maximum absolute atomic E-state index is 5.72. The molecular weight excluding hydrogens is 208 g/mol. The van der Waals surface area contributed by atoms with E-state index < -0.39 is 0 Å². The van der Waals surface area contributed by atoms with E-state index in [0.29, 0.717) is 0 Å². The van der Waals surface area contributed by atoms with Crippen LogP contribution in [0.25, 0.3) is 10.8 Å². The maximum atomic E-state index is 5.72. The largest absolute Gasteiger partial charge is 0.385 e. The Morgan fingerprint density at radius 1 is 1.12 bits per heavy atom. The van der Waals surface area contributed by atoms with Crippen molar-refractivity contribution in [1.82, 2.24) is 0 Å². The van der Waals surface area contributed by atoms with Gasteiger partial charge in [-0.05, 0) is 43.2 Å². The second-order valence-electron chi connectivity index (χ2n) is 4.76. The number of hydrogen-bond acceptors (Lipinski definition) is 2. The molecule has 0 aromatic heterocycles. The van der Waals surface area contributed by atoms with Crippen molar-refractivity contribution in [1.29, 1.82) is 0 Å². The van der Waals surface area contributed by atoms with Crippen LogP contribution in [0.1, 0.15) is 18.9 Å². The van der Waals surface area contributed by atoms with Crippen molar-refractivity contribution in [2.75, 3.05) is 11.9 Å². The summed E-state index contributed by atoms with van der Waals surface area (Å²) in [6.07, 6.45) is 0.992. The van der Waals surface area contributed by atoms with Crippen molar-refractivity contribution in [2.45, 2.75) is 26.3 Å². The smallest absolute Gasteiger partial charge is 0.0346 e. The van der Waals surface area contributed by atoms with Gasteiger partial charge in [-0.3, -0.25) is 0 Å². The first kappa shape index (κ1) is 11.9. The van der Waals surface area contributed by atoms with Crippen LogP contribution < -0.4 is 11.1 Å². The number of rotatable bonds is 4. The summed E-state index contributed by atoms with van der Waals surface area (Å²) < 4.78 is 0. The van der Waals surface area contributed by atoms with Gasteiger partial charge in [0.2, 0.25) is 0 Å². The van der Waals surface area contributed by atoms with E-state index in [-0.39, 0.29) is 6.04 Å². The Morgan fingerprint density at radius 2 is 1.82 bits per heavy atom. The Bertz CT molecular complexity index is 503. The zero-order chi connectivity index (χ0) is 12.3. The number of anilines is 1. The molecule has 90 valence electrons. The Hall–Kier alpha value is -1.54. The third kappa shape index (κ3) is 3.21. The van der Waals surface area contributed by atoms with Crippen molar-refractivity contribution < 1.29 is 0 Å². The number of aryl methyl sites for hydroxylation is 1. The third-order valence-electron chi connectivity index (χ3n) is 2.92. The molecule has 2 nitrogen and oxygen atoms in total. The summed E-state index contributed by atoms with van der Waals surface area (Å²) in [5, 5.41) is 5.98. The van der Waals surface area contributed by atoms with Gasteiger partial charge < -0.3 is 11.1 Å². The summed E-state index contributed by atoms with van der Waals surface area (Å²) in [6.45, 7) is 5.08. The van der Waals surface area contributed by atoms with Crippen LogP contribution in [-0.2, 0) is 0 Å². The zero-order valence-electron chi connectivity index (χ0n) is 10.5. The molecular formula is C15H20N2. The SMILES string of the molecule is Cc1ccc2cc(NCCC(C)N)ccc2c1. The van der Waals surface area contributed by atoms with Gasteiger partial charge in [0.1, 0.15) is 0 Å². The normalized spacial score (nSPS) is 12.6. The average molecular weight is 228 g/mol. The molecule has 0 saturated heterocycles. The Labute approximate surface area is 103 Å². The first-order chi connectivity index (χ1) is 8.15. The predicted octanol–water partition coefficient (Wildman–Crippen LogP) is 3.30. The summed E-state index contributed by atoms with van der Waals surface area (Å²) >= 11 is 0. The first-order valence-electron chi connectivity index (χ1n) is 6.15. The fraction of sp³-hybridized carbons (Fsp3) is 0.333. The van der Waals surface area contributed by atoms with Gasteiger partial charge in [-0.25, -0.2) is 0 Å². The number of benzene rings is 2. The molecule has 0 saturated carbocycles. The van der Waals surface area contributed by atoms with E-state index >= 15 is 0 Å². The molecule has 3 N–H and O–H groups in total. The van der Waals surface area contributed by atoms with Gasteiger partial charge in [0.25, 0.3) is 0 Å². The summed E-state index contributed by atoms with van der Waals surface area (Å²) in [6, 6.07) is 13.3. The molecule has 2 heteroatoms. The van der Waals surface area contributed by atoms with Crippen LogP contribution in [0.4, 0.5) is 5.69 Å². The van der Waals surface area contributed by atoms with Crippen molar-refractivity contribution in [3.63, 3.8) is 0 Å². The highest BCUT2D eigenvalue weighted by Crippen LogP contribution is 2.20. The predicted molar refractivity (Wildman–Crippen MR) is 75.4 cm³/mol. The molecule has 2 rings (SSSR count). The monoisotopic (exact) mass is 228 g/mol. The van der Waals surface area contributed by atoms with E-state index in [2.05, 4.69) is 48.6 Å². The molecule has 0 amide bonds. The van der Waals surface area contributed by atoms with Crippen molar-refractivity contribution >= 4 is 16.5 Å². The fourth-order valence-corrected chi connectivity index (χ4v) is 1.92. The number of nitrogens with one attached hydrogen (secondary N) is 1. The molecule has 0 aliphatic carbocycles. The van der Waals surface area contributed by atoms with Crippen LogP contribution in [-0.4, -0.2) is 12.6 Å². The van der Waals surface area contributed by atoms with Gasteiger partial charge in [-0.2, -0.15) is 0 Å². The Balaban J connectivity index is 2.12. The van der Waals surface area contributed by atoms with E-state index in [1.54, 1.807) is 0 Å². The van der Waals surface area contributed by atoms with Gasteiger partial charge >= 0.3 is 0 Å². The van der Waals surface area contributed by atoms with Crippen LogP contribution in [0.15, 0.2) is 36.4 Å². The van der Waals surface area contributed by atoms with Crippen LogP contribution >= 0.6 is 0 Å². The van der Waals surface area contributed by atoms with Gasteiger partial charge in [-0.15, -0.1) is 0 Å². The van der Waals surface area contributed by atoms with Crippen LogP contribution in [0.2, 0.25) is 0 Å². The van der Waals surface area contributed by atoms with E-state index in [1.807, 2.05) is 6.92 Å². The van der Waals surface area contributed by atoms with E-state index in [1.165, 1.54) is 22.0 Å². The maximum Gasteiger partial charge on any atom is 0.0346 e. The second kappa shape index (κ2) is 5.19. The lowest BCUT2D eigenvalue weighted by atomic mass is 10.1. The minimum Gasteiger partial charge on any atom is -0.385 e. The molecule has 0 bridgehead atoms. The van der Waals surface area contributed by atoms with Gasteiger partial charge in [0, 0.05) is 18.3 Å². The molecule has 17 heavy (non-hydrogen) atoms. The highest BCUT2D eigenvalue weighted by Gasteiger charge is 1.98. The molecule has 0 aliphatic rings. The van der Waals surface area contributed by atoms with Gasteiger partial charge in [0.05, 0.1) is 0 Å². The molecule has 1 unspecified atom stereocenters. The highest BCUT2D eigenvalue weighted by molar-refractivity contribution is 5.86. The third-order valence-corrected chi connectivity index (χ3v) is 2.92. The summed E-state index contributed by atoms with van der Waals surface area (Å²) in [5.74, 6) is 0. The zero-order valence-corrected chi connectivity index (χ0v) is 10.5. The van der Waals surface area contributed by atoms with Crippen LogP contribution in [0, 0.1) is 6.92 Å². The minimum atomic E-state index is 0.255. The van der Waals surface area contributed by atoms with Crippen LogP contribution in [0.3, 0.4) is 0 Å². The first-order valence-corrected chi connectivity index (χ1v) is 6.15. The van der Waals surface area contributed by atoms with E-state index in [4.69, 9.17) is 5.73 Å². The van der Waals surface area contributed by atoms with Gasteiger partial charge in [-0.1, -0.05) is 29.8 Å². The topological polar surface area (TPSA) is 38.0 Å². The van der Waals surface area contributed by atoms with Crippen LogP contribution in [0.5, 0.6) is 0 Å². The van der Waals surface area contributed by atoms with E-state index in [0.717, 1.165) is 13.0 Å². The lowest BCUT2D eigenvalue weighted by molar-refractivity contribution is 0.690. The highest BCUT2D eigenvalue weighted by atomic mass is 14.9.